The van der Waals surface area contributed by atoms with Crippen molar-refractivity contribution < 1.29 is 38.4 Å². The van der Waals surface area contributed by atoms with Gasteiger partial charge in [0.2, 0.25) is 5.36 Å². The molecular formula is C71H92N3O8+. The number of carboxylic acid groups (broad SMARTS) is 1. The van der Waals surface area contributed by atoms with Gasteiger partial charge in [-0.25, -0.2) is 9.37 Å². The number of aryl methyl sites for hydroxylation is 3. The third kappa shape index (κ3) is 13.8. The predicted octanol–water partition coefficient (Wildman–Crippen LogP) is 12.7. The van der Waals surface area contributed by atoms with Crippen molar-refractivity contribution in [3.63, 3.8) is 0 Å². The second kappa shape index (κ2) is 27.6. The average molecular weight is 1120 g/mol. The summed E-state index contributed by atoms with van der Waals surface area (Å²) in [6.07, 6.45) is 19.1. The van der Waals surface area contributed by atoms with Gasteiger partial charge in [0.1, 0.15) is 36.9 Å². The van der Waals surface area contributed by atoms with Crippen molar-refractivity contribution in [2.75, 3.05) is 77.7 Å². The van der Waals surface area contributed by atoms with Crippen molar-refractivity contribution in [3.05, 3.63) is 139 Å². The fraction of sp³-hybridized carbons (Fsp3) is 0.535. The second-order valence-electron chi connectivity index (χ2n) is 25.1. The van der Waals surface area contributed by atoms with E-state index < -0.39 is 5.97 Å². The highest BCUT2D eigenvalue weighted by Crippen LogP contribution is 2.47. The zero-order valence-corrected chi connectivity index (χ0v) is 50.2. The maximum atomic E-state index is 13.6. The third-order valence-electron chi connectivity index (χ3n) is 18.8. The van der Waals surface area contributed by atoms with E-state index in [-0.39, 0.29) is 30.2 Å². The lowest BCUT2D eigenvalue weighted by Crippen LogP contribution is -2.45. The monoisotopic (exact) mass is 1110 g/mol. The Hall–Kier alpha value is -6.01. The smallest absolute Gasteiger partial charge is 0.336 e. The Morgan fingerprint density at radius 1 is 0.756 bits per heavy atom. The summed E-state index contributed by atoms with van der Waals surface area (Å²) in [7, 11) is 0. The van der Waals surface area contributed by atoms with Crippen LogP contribution in [0.5, 0.6) is 17.2 Å². The molecule has 0 aromatic heterocycles. The van der Waals surface area contributed by atoms with Gasteiger partial charge in [-0.05, 0) is 170 Å². The van der Waals surface area contributed by atoms with E-state index in [1.165, 1.54) is 107 Å². The predicted molar refractivity (Wildman–Crippen MR) is 329 cm³/mol. The third-order valence-corrected chi connectivity index (χ3v) is 18.8. The second-order valence-corrected chi connectivity index (χ2v) is 25.1. The Kier molecular flexibility index (Phi) is 19.9. The minimum absolute atomic E-state index is 0.0903. The minimum Gasteiger partial charge on any atom is -0.491 e. The van der Waals surface area contributed by atoms with Crippen LogP contribution in [0.3, 0.4) is 0 Å². The Bertz CT molecular complexity index is 3190. The molecule has 11 heteroatoms. The van der Waals surface area contributed by atoms with Gasteiger partial charge in [0.15, 0.2) is 0 Å². The lowest BCUT2D eigenvalue weighted by atomic mass is 9.74. The highest BCUT2D eigenvalue weighted by molar-refractivity contribution is 6.03. The molecule has 3 N–H and O–H groups in total. The molecule has 0 saturated carbocycles. The van der Waals surface area contributed by atoms with E-state index in [0.717, 1.165) is 135 Å². The first kappa shape index (κ1) is 59.2. The van der Waals surface area contributed by atoms with Crippen LogP contribution >= 0.6 is 0 Å². The van der Waals surface area contributed by atoms with Crippen LogP contribution in [0.1, 0.15) is 177 Å². The number of benzene rings is 5. The van der Waals surface area contributed by atoms with Gasteiger partial charge in [0.25, 0.3) is 5.91 Å². The van der Waals surface area contributed by atoms with Crippen molar-refractivity contribution in [1.82, 2.24) is 9.89 Å². The van der Waals surface area contributed by atoms with Gasteiger partial charge in [0.05, 0.1) is 50.8 Å². The quantitative estimate of drug-likeness (QED) is 0.0359. The maximum absolute atomic E-state index is 13.6. The number of carbonyl (C=O) groups is 2. The number of carboxylic acids is 1. The topological polar surface area (TPSA) is 128 Å². The molecule has 11 nitrogen and oxygen atoms in total. The van der Waals surface area contributed by atoms with Crippen LogP contribution < -0.4 is 35.3 Å². The summed E-state index contributed by atoms with van der Waals surface area (Å²) in [4.78, 5) is 27.0. The molecule has 1 aliphatic carbocycles. The summed E-state index contributed by atoms with van der Waals surface area (Å²) in [5, 5.41) is 19.8. The van der Waals surface area contributed by atoms with Crippen LogP contribution in [0, 0.1) is 23.2 Å². The summed E-state index contributed by atoms with van der Waals surface area (Å²) in [5.41, 5.74) is 15.0. The van der Waals surface area contributed by atoms with E-state index in [2.05, 4.69) is 111 Å². The Balaban J connectivity index is 0.665. The molecule has 10 rings (SSSR count). The van der Waals surface area contributed by atoms with Gasteiger partial charge in [-0.3, -0.25) is 4.79 Å². The first-order valence-corrected chi connectivity index (χ1v) is 31.5. The highest BCUT2D eigenvalue weighted by Gasteiger charge is 2.35. The molecule has 2 unspecified atom stereocenters. The molecule has 4 aliphatic heterocycles. The normalized spacial score (nSPS) is 16.8. The number of ether oxygens (including phenoxy) is 5. The number of aromatic carboxylic acids is 1. The molecule has 438 valence electrons. The molecule has 4 heterocycles. The van der Waals surface area contributed by atoms with E-state index in [1.54, 1.807) is 6.07 Å². The van der Waals surface area contributed by atoms with E-state index in [9.17, 15) is 14.7 Å². The van der Waals surface area contributed by atoms with E-state index in [4.69, 9.17) is 23.7 Å². The van der Waals surface area contributed by atoms with Crippen LogP contribution in [0.25, 0.3) is 16.7 Å². The zero-order valence-electron chi connectivity index (χ0n) is 50.2. The molecule has 1 amide bonds. The van der Waals surface area contributed by atoms with Gasteiger partial charge in [-0.1, -0.05) is 97.2 Å². The van der Waals surface area contributed by atoms with Crippen molar-refractivity contribution in [2.45, 2.75) is 151 Å². The van der Waals surface area contributed by atoms with E-state index in [0.29, 0.717) is 50.6 Å². The number of hydrogen-bond acceptors (Lipinski definition) is 8. The molecule has 82 heavy (non-hydrogen) atoms. The number of rotatable bonds is 26. The molecule has 0 fully saturated rings. The van der Waals surface area contributed by atoms with Crippen molar-refractivity contribution >= 4 is 23.1 Å². The summed E-state index contributed by atoms with van der Waals surface area (Å²) >= 11 is 0. The molecule has 0 spiro atoms. The van der Waals surface area contributed by atoms with Crippen LogP contribution in [0.4, 0.5) is 5.69 Å². The Morgan fingerprint density at radius 2 is 1.50 bits per heavy atom. The van der Waals surface area contributed by atoms with Gasteiger partial charge < -0.3 is 39.4 Å². The van der Waals surface area contributed by atoms with Gasteiger partial charge in [-0.15, -0.1) is 0 Å². The van der Waals surface area contributed by atoms with E-state index in [1.807, 2.05) is 6.07 Å². The van der Waals surface area contributed by atoms with Gasteiger partial charge >= 0.3 is 5.97 Å². The number of hydrogen-bond donors (Lipinski definition) is 3. The SMILES string of the molecule is CCCCc1cc2c(c3c1NCCC3)Oc1c3c4c(cc1=C2c1ccc(C(=O)NCCOCCOCCOCCOc2ccc(-c5cccc6c5CCCC(CC(C)CCC(C)(C)C(C)C)CC6)cc2)cc1C(=O)O)CCC[N+]=4CCC3. The van der Waals surface area contributed by atoms with Crippen molar-refractivity contribution in [2.24, 2.45) is 23.2 Å². The average Bonchev–Trinajstić information content (AvgIpc) is 3.66. The molecular weight excluding hydrogens is 1020 g/mol. The number of fused-ring (bicyclic) bond motifs is 6. The first-order valence-electron chi connectivity index (χ1n) is 31.5. The standard InChI is InChI=1S/C71H91N3O8/c1-7-8-15-52-44-62-64(63-45-53-17-12-34-74-35-13-21-60(66(53)74)68(63)82-67(62)59-20-11-32-72-65(52)59)58-29-26-54(46-61(58)70(76)77)69(75)73-33-36-78-37-38-79-39-40-80-41-42-81-55-27-24-51(25-28-55)57-19-10-16-50-23-22-49(14-9-18-56(50)57)43-48(4)30-31-71(5,6)47(2)3/h10,16,19,24-29,44-49H,7-9,11-15,17-18,20-23,30-43H2,1-6H3,(H2,73,75,76,77)/p+1. The minimum atomic E-state index is -1.08. The number of carbonyl (C=O) groups excluding carboxylic acids is 1. The lowest BCUT2D eigenvalue weighted by molar-refractivity contribution is 0.00988. The summed E-state index contributed by atoms with van der Waals surface area (Å²) in [6, 6.07) is 25.1. The van der Waals surface area contributed by atoms with Crippen LogP contribution in [0.2, 0.25) is 0 Å². The number of amides is 1. The lowest BCUT2D eigenvalue weighted by Gasteiger charge is -2.31. The van der Waals surface area contributed by atoms with Crippen molar-refractivity contribution in [3.8, 4) is 28.4 Å². The number of anilines is 1. The summed E-state index contributed by atoms with van der Waals surface area (Å²) in [6.45, 7) is 20.4. The molecule has 5 aliphatic rings. The molecule has 5 aromatic rings. The maximum Gasteiger partial charge on any atom is 0.336 e. The molecule has 0 radical (unpaired) electrons. The molecule has 5 aromatic carbocycles. The van der Waals surface area contributed by atoms with Gasteiger partial charge in [0, 0.05) is 64.7 Å². The fourth-order valence-electron chi connectivity index (χ4n) is 13.5. The van der Waals surface area contributed by atoms with Gasteiger partial charge in [-0.2, -0.15) is 0 Å². The van der Waals surface area contributed by atoms with E-state index >= 15 is 0 Å². The van der Waals surface area contributed by atoms with Crippen LogP contribution in [-0.4, -0.2) is 89.4 Å². The molecule has 2 atom stereocenters. The number of unbranched alkanes of at least 4 members (excludes halogenated alkanes) is 1. The Labute approximate surface area is 488 Å². The Morgan fingerprint density at radius 3 is 2.27 bits per heavy atom. The molecule has 0 saturated heterocycles. The first-order chi connectivity index (χ1) is 39.9. The number of nitrogens with one attached hydrogen (secondary N) is 2. The summed E-state index contributed by atoms with van der Waals surface area (Å²) < 4.78 is 33.0. The van der Waals surface area contributed by atoms with Crippen molar-refractivity contribution in [1.29, 1.82) is 0 Å². The zero-order chi connectivity index (χ0) is 57.2. The number of nitrogens with zero attached hydrogens (tertiary/aromatic N) is 1. The summed E-state index contributed by atoms with van der Waals surface area (Å²) in [5.74, 6) is 3.42. The fourth-order valence-corrected chi connectivity index (χ4v) is 13.5. The molecule has 0 bridgehead atoms. The largest absolute Gasteiger partial charge is 0.491 e. The van der Waals surface area contributed by atoms with Crippen LogP contribution in [0.15, 0.2) is 72.8 Å². The van der Waals surface area contributed by atoms with Crippen LogP contribution in [-0.2, 0) is 52.7 Å². The highest BCUT2D eigenvalue weighted by atomic mass is 16.6.